The van der Waals surface area contributed by atoms with Crippen LogP contribution in [0.15, 0.2) is 77.6 Å². The Morgan fingerprint density at radius 1 is 1.03 bits per heavy atom. The molecule has 0 spiro atoms. The summed E-state index contributed by atoms with van der Waals surface area (Å²) in [5, 5.41) is 15.0. The van der Waals surface area contributed by atoms with Crippen LogP contribution in [0.1, 0.15) is 5.56 Å². The number of hydrogen-bond donors (Lipinski definition) is 1. The Bertz CT molecular complexity index is 1640. The SMILES string of the molecule is N#C/C(C(=O)NCCN1CCOCC1)=c1\s/c(=C\c2cccc3ccccc23)c(=O)n1-c1ccccc1. The minimum atomic E-state index is -0.488. The molecule has 0 aliphatic carbocycles. The maximum Gasteiger partial charge on any atom is 0.273 e. The molecule has 1 saturated heterocycles. The van der Waals surface area contributed by atoms with Gasteiger partial charge in [-0.2, -0.15) is 5.26 Å². The molecule has 5 rings (SSSR count). The van der Waals surface area contributed by atoms with E-state index in [1.54, 1.807) is 12.1 Å². The number of nitriles is 1. The summed E-state index contributed by atoms with van der Waals surface area (Å²) >= 11 is 1.15. The number of morpholine rings is 1. The first-order chi connectivity index (χ1) is 18.2. The second kappa shape index (κ2) is 11.4. The van der Waals surface area contributed by atoms with Crippen molar-refractivity contribution in [2.45, 2.75) is 0 Å². The van der Waals surface area contributed by atoms with Crippen LogP contribution in [0, 0.1) is 11.3 Å². The van der Waals surface area contributed by atoms with Crippen LogP contribution >= 0.6 is 11.3 Å². The number of ether oxygens (including phenoxy) is 1. The highest BCUT2D eigenvalue weighted by Gasteiger charge is 2.18. The van der Waals surface area contributed by atoms with Crippen molar-refractivity contribution >= 4 is 39.7 Å². The van der Waals surface area contributed by atoms with Crippen LogP contribution in [0.2, 0.25) is 0 Å². The van der Waals surface area contributed by atoms with Crippen molar-refractivity contribution in [2.24, 2.45) is 0 Å². The van der Waals surface area contributed by atoms with Crippen LogP contribution < -0.4 is 20.1 Å². The lowest BCUT2D eigenvalue weighted by Gasteiger charge is -2.26. The van der Waals surface area contributed by atoms with E-state index in [2.05, 4.69) is 16.3 Å². The molecule has 37 heavy (non-hydrogen) atoms. The Kier molecular flexibility index (Phi) is 7.57. The number of para-hydroxylation sites is 1. The van der Waals surface area contributed by atoms with E-state index < -0.39 is 5.91 Å². The molecule has 0 unspecified atom stereocenters. The topological polar surface area (TPSA) is 87.4 Å². The monoisotopic (exact) mass is 510 g/mol. The van der Waals surface area contributed by atoms with Crippen LogP contribution in [0.3, 0.4) is 0 Å². The van der Waals surface area contributed by atoms with Gasteiger partial charge in [0.15, 0.2) is 5.57 Å². The highest BCUT2D eigenvalue weighted by molar-refractivity contribution is 7.07. The zero-order chi connectivity index (χ0) is 25.6. The molecule has 4 aromatic rings. The molecule has 0 atom stereocenters. The highest BCUT2D eigenvalue weighted by Crippen LogP contribution is 2.18. The van der Waals surface area contributed by atoms with E-state index in [9.17, 15) is 14.9 Å². The van der Waals surface area contributed by atoms with Gasteiger partial charge in [0.05, 0.1) is 23.4 Å². The number of hydrogen-bond acceptors (Lipinski definition) is 6. The average molecular weight is 511 g/mol. The third-order valence-electron chi connectivity index (χ3n) is 6.32. The van der Waals surface area contributed by atoms with Gasteiger partial charge in [0.2, 0.25) is 0 Å². The summed E-state index contributed by atoms with van der Waals surface area (Å²) in [5.74, 6) is -0.488. The lowest BCUT2D eigenvalue weighted by atomic mass is 10.0. The average Bonchev–Trinajstić information content (AvgIpc) is 3.25. The maximum atomic E-state index is 13.7. The quantitative estimate of drug-likeness (QED) is 0.429. The molecule has 2 heterocycles. The molecule has 0 saturated carbocycles. The zero-order valence-electron chi connectivity index (χ0n) is 20.2. The smallest absolute Gasteiger partial charge is 0.273 e. The Balaban J connectivity index is 1.60. The van der Waals surface area contributed by atoms with Crippen molar-refractivity contribution in [1.29, 1.82) is 5.26 Å². The normalized spacial score (nSPS) is 15.4. The third-order valence-corrected chi connectivity index (χ3v) is 7.41. The van der Waals surface area contributed by atoms with E-state index in [-0.39, 0.29) is 11.1 Å². The second-order valence-corrected chi connectivity index (χ2v) is 9.69. The van der Waals surface area contributed by atoms with Crippen molar-refractivity contribution < 1.29 is 9.53 Å². The first-order valence-corrected chi connectivity index (χ1v) is 13.0. The van der Waals surface area contributed by atoms with Crippen molar-refractivity contribution in [3.63, 3.8) is 0 Å². The fourth-order valence-corrected chi connectivity index (χ4v) is 5.51. The van der Waals surface area contributed by atoms with Gasteiger partial charge >= 0.3 is 0 Å². The lowest BCUT2D eigenvalue weighted by molar-refractivity contribution is -0.115. The summed E-state index contributed by atoms with van der Waals surface area (Å²) < 4.78 is 7.59. The van der Waals surface area contributed by atoms with Crippen LogP contribution in [0.5, 0.6) is 0 Å². The van der Waals surface area contributed by atoms with Crippen LogP contribution in [-0.4, -0.2) is 54.8 Å². The number of benzene rings is 3. The summed E-state index contributed by atoms with van der Waals surface area (Å²) in [7, 11) is 0. The van der Waals surface area contributed by atoms with Crippen molar-refractivity contribution in [3.8, 4) is 11.8 Å². The number of aromatic nitrogens is 1. The van der Waals surface area contributed by atoms with Gasteiger partial charge in [-0.25, -0.2) is 0 Å². The van der Waals surface area contributed by atoms with E-state index in [0.29, 0.717) is 41.2 Å². The second-order valence-electron chi connectivity index (χ2n) is 8.66. The van der Waals surface area contributed by atoms with Gasteiger partial charge in [-0.05, 0) is 34.5 Å². The first-order valence-electron chi connectivity index (χ1n) is 12.1. The van der Waals surface area contributed by atoms with Gasteiger partial charge in [-0.3, -0.25) is 19.1 Å². The van der Waals surface area contributed by atoms with Crippen LogP contribution in [-0.2, 0) is 9.53 Å². The van der Waals surface area contributed by atoms with Gasteiger partial charge < -0.3 is 10.1 Å². The van der Waals surface area contributed by atoms with Gasteiger partial charge in [-0.1, -0.05) is 60.7 Å². The number of carbonyl (C=O) groups excluding carboxylic acids is 1. The number of fused-ring (bicyclic) bond motifs is 1. The third kappa shape index (κ3) is 5.39. The molecule has 1 aliphatic heterocycles. The number of thiazole rings is 1. The van der Waals surface area contributed by atoms with Gasteiger partial charge in [0.1, 0.15) is 10.7 Å². The predicted octanol–water partition coefficient (Wildman–Crippen LogP) is 2.00. The molecule has 1 fully saturated rings. The molecular formula is C29H26N4O3S. The summed E-state index contributed by atoms with van der Waals surface area (Å²) in [6.45, 7) is 4.06. The molecule has 0 radical (unpaired) electrons. The number of nitrogens with zero attached hydrogens (tertiary/aromatic N) is 3. The molecule has 7 nitrogen and oxygen atoms in total. The zero-order valence-corrected chi connectivity index (χ0v) is 21.0. The van der Waals surface area contributed by atoms with Gasteiger partial charge in [0.25, 0.3) is 11.5 Å². The molecule has 1 aromatic heterocycles. The van der Waals surface area contributed by atoms with E-state index in [0.717, 1.165) is 40.8 Å². The molecule has 186 valence electrons. The minimum absolute atomic E-state index is 0.0782. The Morgan fingerprint density at radius 3 is 2.54 bits per heavy atom. The summed E-state index contributed by atoms with van der Waals surface area (Å²) in [6, 6.07) is 25.1. The molecule has 1 amide bonds. The van der Waals surface area contributed by atoms with Crippen molar-refractivity contribution in [1.82, 2.24) is 14.8 Å². The summed E-state index contributed by atoms with van der Waals surface area (Å²) in [4.78, 5) is 29.0. The van der Waals surface area contributed by atoms with Crippen LogP contribution in [0.25, 0.3) is 28.1 Å². The predicted molar refractivity (Wildman–Crippen MR) is 146 cm³/mol. The van der Waals surface area contributed by atoms with E-state index in [1.807, 2.05) is 66.7 Å². The number of carbonyl (C=O) groups is 1. The lowest BCUT2D eigenvalue weighted by Crippen LogP contribution is -2.42. The number of amides is 1. The Hall–Kier alpha value is -4.03. The molecule has 1 N–H and O–H groups in total. The van der Waals surface area contributed by atoms with E-state index in [4.69, 9.17) is 4.74 Å². The summed E-state index contributed by atoms with van der Waals surface area (Å²) in [6.07, 6.45) is 1.84. The number of rotatable bonds is 6. The largest absolute Gasteiger partial charge is 0.379 e. The molecule has 0 bridgehead atoms. The molecular weight excluding hydrogens is 484 g/mol. The Morgan fingerprint density at radius 2 is 1.76 bits per heavy atom. The van der Waals surface area contributed by atoms with E-state index >= 15 is 0 Å². The standard InChI is InChI=1S/C29H26N4O3S/c30-20-25(27(34)31-13-14-32-15-17-36-18-16-32)29-33(23-10-2-1-3-11-23)28(35)26(37-29)19-22-9-6-8-21-7-4-5-12-24(21)22/h1-12,19H,13-18H2,(H,31,34)/b26-19-,29-25+. The first kappa shape index (κ1) is 24.7. The Labute approximate surface area is 218 Å². The van der Waals surface area contributed by atoms with Crippen LogP contribution in [0.4, 0.5) is 0 Å². The van der Waals surface area contributed by atoms with Crippen molar-refractivity contribution in [2.75, 3.05) is 39.4 Å². The fraction of sp³-hybridized carbons (Fsp3) is 0.207. The highest BCUT2D eigenvalue weighted by atomic mass is 32.1. The van der Waals surface area contributed by atoms with Crippen molar-refractivity contribution in [3.05, 3.63) is 97.9 Å². The maximum absolute atomic E-state index is 13.7. The molecule has 1 aliphatic rings. The van der Waals surface area contributed by atoms with Gasteiger partial charge in [-0.15, -0.1) is 11.3 Å². The van der Waals surface area contributed by atoms with Gasteiger partial charge in [0, 0.05) is 26.2 Å². The minimum Gasteiger partial charge on any atom is -0.379 e. The fourth-order valence-electron chi connectivity index (χ4n) is 4.42. The number of nitrogens with one attached hydrogen (secondary N) is 1. The summed E-state index contributed by atoms with van der Waals surface area (Å²) in [5.41, 5.74) is 1.15. The molecule has 8 heteroatoms. The van der Waals surface area contributed by atoms with E-state index in [1.165, 1.54) is 4.57 Å². The molecule has 3 aromatic carbocycles.